The summed E-state index contributed by atoms with van der Waals surface area (Å²) >= 11 is 6.71. The van der Waals surface area contributed by atoms with Gasteiger partial charge in [-0.05, 0) is 17.6 Å². The van der Waals surface area contributed by atoms with Gasteiger partial charge in [-0.2, -0.15) is 4.37 Å². The standard InChI is InChI=1S/C3H2ClNS.CHN/c4-3-1-2-6-5-3;1-2/h1-2H;1H. The molecular formula is C4H3ClN2S. The summed E-state index contributed by atoms with van der Waals surface area (Å²) in [5.74, 6) is 0. The molecule has 0 aromatic carbocycles. The Balaban J connectivity index is 0.000000222. The Kier molecular flexibility index (Phi) is 4.23. The molecule has 8 heavy (non-hydrogen) atoms. The molecule has 0 fully saturated rings. The monoisotopic (exact) mass is 146 g/mol. The number of hydrogen-bond donors (Lipinski definition) is 0. The minimum Gasteiger partial charge on any atom is -0.202 e. The van der Waals surface area contributed by atoms with Gasteiger partial charge in [-0.15, -0.1) is 0 Å². The lowest BCUT2D eigenvalue weighted by molar-refractivity contribution is 1.58. The summed E-state index contributed by atoms with van der Waals surface area (Å²) in [5.41, 5.74) is 0. The molecule has 2 nitrogen and oxygen atoms in total. The summed E-state index contributed by atoms with van der Waals surface area (Å²) in [6.45, 7) is 3.50. The second-order valence-corrected chi connectivity index (χ2v) is 1.87. The molecule has 4 heteroatoms. The molecule has 0 aliphatic rings. The Labute approximate surface area is 56.5 Å². The van der Waals surface area contributed by atoms with Crippen molar-refractivity contribution in [3.8, 4) is 6.57 Å². The summed E-state index contributed by atoms with van der Waals surface area (Å²) in [6, 6.07) is 1.76. The Bertz CT molecular complexity index is 146. The second-order valence-electron chi connectivity index (χ2n) is 0.822. The van der Waals surface area contributed by atoms with Gasteiger partial charge in [0.2, 0.25) is 0 Å². The van der Waals surface area contributed by atoms with Crippen molar-refractivity contribution in [2.24, 2.45) is 0 Å². The van der Waals surface area contributed by atoms with Crippen LogP contribution in [0.2, 0.25) is 5.15 Å². The molecule has 0 unspecified atom stereocenters. The van der Waals surface area contributed by atoms with Gasteiger partial charge in [0.15, 0.2) is 0 Å². The van der Waals surface area contributed by atoms with Crippen molar-refractivity contribution >= 4 is 23.1 Å². The van der Waals surface area contributed by atoms with E-state index < -0.39 is 0 Å². The van der Waals surface area contributed by atoms with E-state index in [4.69, 9.17) is 16.9 Å². The molecule has 0 N–H and O–H groups in total. The third-order valence-corrected chi connectivity index (χ3v) is 1.28. The summed E-state index contributed by atoms with van der Waals surface area (Å²) in [4.78, 5) is 0. The Morgan fingerprint density at radius 1 is 1.75 bits per heavy atom. The zero-order valence-corrected chi connectivity index (χ0v) is 5.49. The van der Waals surface area contributed by atoms with E-state index in [2.05, 4.69) is 10.9 Å². The van der Waals surface area contributed by atoms with E-state index in [9.17, 15) is 0 Å². The molecule has 0 radical (unpaired) electrons. The van der Waals surface area contributed by atoms with Crippen LogP contribution in [0.1, 0.15) is 0 Å². The average molecular weight is 147 g/mol. The van der Waals surface area contributed by atoms with Crippen molar-refractivity contribution in [3.63, 3.8) is 0 Å². The lowest BCUT2D eigenvalue weighted by Crippen LogP contribution is -1.46. The van der Waals surface area contributed by atoms with Gasteiger partial charge in [0, 0.05) is 12.0 Å². The molecule has 0 saturated heterocycles. The van der Waals surface area contributed by atoms with E-state index in [0.29, 0.717) is 5.15 Å². The lowest BCUT2D eigenvalue weighted by atomic mass is 10.8. The van der Waals surface area contributed by atoms with E-state index in [0.717, 1.165) is 0 Å². The zero-order chi connectivity index (χ0) is 6.41. The molecule has 1 aromatic heterocycles. The average Bonchev–Trinajstić information content (AvgIpc) is 2.24. The minimum absolute atomic E-state index is 0.583. The van der Waals surface area contributed by atoms with E-state index in [1.807, 2.05) is 5.38 Å². The predicted octanol–water partition coefficient (Wildman–Crippen LogP) is 1.94. The van der Waals surface area contributed by atoms with Gasteiger partial charge in [0.05, 0.1) is 0 Å². The largest absolute Gasteiger partial charge is 0.202 e. The molecule has 1 aromatic rings. The molecule has 42 valence electrons. The summed E-state index contributed by atoms with van der Waals surface area (Å²) in [5, 5.41) is 8.92. The lowest BCUT2D eigenvalue weighted by Gasteiger charge is -1.60. The quantitative estimate of drug-likeness (QED) is 0.561. The Hall–Kier alpha value is -0.590. The molecule has 0 atom stereocenters. The number of halogens is 1. The number of nitrogens with zero attached hydrogens (tertiary/aromatic N) is 2. The van der Waals surface area contributed by atoms with Crippen LogP contribution in [-0.2, 0) is 0 Å². The first-order valence-electron chi connectivity index (χ1n) is 1.71. The van der Waals surface area contributed by atoms with Crippen molar-refractivity contribution in [2.75, 3.05) is 0 Å². The van der Waals surface area contributed by atoms with Crippen LogP contribution < -0.4 is 0 Å². The predicted molar refractivity (Wildman–Crippen MR) is 33.8 cm³/mol. The Morgan fingerprint density at radius 2 is 2.38 bits per heavy atom. The van der Waals surface area contributed by atoms with Gasteiger partial charge in [-0.3, -0.25) is 0 Å². The minimum atomic E-state index is 0.583. The first kappa shape index (κ1) is 7.41. The summed E-state index contributed by atoms with van der Waals surface area (Å²) in [6.07, 6.45) is 0. The fourth-order valence-electron chi connectivity index (χ4n) is 0.198. The molecule has 0 aliphatic heterocycles. The molecule has 0 saturated carbocycles. The van der Waals surface area contributed by atoms with E-state index in [1.165, 1.54) is 11.5 Å². The van der Waals surface area contributed by atoms with Crippen molar-refractivity contribution in [3.05, 3.63) is 16.6 Å². The third-order valence-electron chi connectivity index (χ3n) is 0.406. The third kappa shape index (κ3) is 2.56. The summed E-state index contributed by atoms with van der Waals surface area (Å²) < 4.78 is 3.72. The highest BCUT2D eigenvalue weighted by Gasteiger charge is 1.79. The second kappa shape index (κ2) is 4.57. The maximum Gasteiger partial charge on any atom is 0.142 e. The summed E-state index contributed by atoms with van der Waals surface area (Å²) in [7, 11) is 0. The van der Waals surface area contributed by atoms with Crippen LogP contribution >= 0.6 is 23.1 Å². The van der Waals surface area contributed by atoms with Crippen LogP contribution in [0, 0.1) is 11.8 Å². The number of aromatic nitrogens is 1. The van der Waals surface area contributed by atoms with Gasteiger partial charge in [-0.1, -0.05) is 11.6 Å². The van der Waals surface area contributed by atoms with Crippen LogP contribution in [0.4, 0.5) is 0 Å². The normalized spacial score (nSPS) is 6.88. The van der Waals surface area contributed by atoms with E-state index in [1.54, 1.807) is 6.07 Å². The fourth-order valence-corrected chi connectivity index (χ4v) is 0.867. The molecule has 0 bridgehead atoms. The first-order valence-corrected chi connectivity index (χ1v) is 2.93. The number of hydrogen-bond acceptors (Lipinski definition) is 3. The highest BCUT2D eigenvalue weighted by molar-refractivity contribution is 7.03. The topological polar surface area (TPSA) is 36.7 Å². The van der Waals surface area contributed by atoms with Crippen LogP contribution in [-0.4, -0.2) is 4.37 Å². The molecule has 0 amide bonds. The van der Waals surface area contributed by atoms with Crippen molar-refractivity contribution in [1.82, 2.24) is 4.37 Å². The van der Waals surface area contributed by atoms with Crippen LogP contribution in [0.3, 0.4) is 0 Å². The first-order chi connectivity index (χ1) is 3.89. The maximum atomic E-state index is 6.50. The zero-order valence-electron chi connectivity index (χ0n) is 3.91. The van der Waals surface area contributed by atoms with Crippen molar-refractivity contribution in [1.29, 1.82) is 5.26 Å². The van der Waals surface area contributed by atoms with Crippen LogP contribution in [0.15, 0.2) is 11.4 Å². The van der Waals surface area contributed by atoms with E-state index in [-0.39, 0.29) is 0 Å². The van der Waals surface area contributed by atoms with Crippen LogP contribution in [0.5, 0.6) is 0 Å². The van der Waals surface area contributed by atoms with Gasteiger partial charge >= 0.3 is 0 Å². The highest BCUT2D eigenvalue weighted by atomic mass is 35.5. The van der Waals surface area contributed by atoms with E-state index >= 15 is 0 Å². The molecule has 0 aliphatic carbocycles. The maximum absolute atomic E-state index is 6.50. The fraction of sp³-hybridized carbons (Fsp3) is 0. The Morgan fingerprint density at radius 3 is 2.50 bits per heavy atom. The molecule has 1 heterocycles. The number of rotatable bonds is 0. The van der Waals surface area contributed by atoms with Crippen molar-refractivity contribution < 1.29 is 0 Å². The molecular weight excluding hydrogens is 144 g/mol. The molecule has 0 spiro atoms. The van der Waals surface area contributed by atoms with Gasteiger partial charge < -0.3 is 0 Å². The SMILES string of the molecule is C#N.Clc1ccsn1. The van der Waals surface area contributed by atoms with Gasteiger partial charge in [0.25, 0.3) is 0 Å². The van der Waals surface area contributed by atoms with Crippen LogP contribution in [0.25, 0.3) is 0 Å². The molecule has 1 rings (SSSR count). The smallest absolute Gasteiger partial charge is 0.142 e. The number of nitriles is 1. The highest BCUT2D eigenvalue weighted by Crippen LogP contribution is 2.04. The van der Waals surface area contributed by atoms with Crippen molar-refractivity contribution in [2.45, 2.75) is 0 Å². The van der Waals surface area contributed by atoms with Gasteiger partial charge in [-0.25, -0.2) is 5.26 Å². The van der Waals surface area contributed by atoms with Gasteiger partial charge in [0.1, 0.15) is 5.15 Å².